The minimum atomic E-state index is -0.0878. The second-order valence-corrected chi connectivity index (χ2v) is 5.71. The van der Waals surface area contributed by atoms with Crippen LogP contribution in [-0.4, -0.2) is 19.3 Å². The van der Waals surface area contributed by atoms with Gasteiger partial charge in [-0.05, 0) is 38.1 Å². The average Bonchev–Trinajstić information content (AvgIpc) is 2.97. The summed E-state index contributed by atoms with van der Waals surface area (Å²) in [6.45, 7) is 3.75. The Morgan fingerprint density at radius 2 is 1.62 bits per heavy atom. The Bertz CT molecular complexity index is 1090. The van der Waals surface area contributed by atoms with Crippen molar-refractivity contribution in [2.75, 3.05) is 0 Å². The number of nitrogens with zero attached hydrogens (tertiary/aromatic N) is 4. The van der Waals surface area contributed by atoms with Crippen LogP contribution >= 0.6 is 0 Å². The highest BCUT2D eigenvalue weighted by Crippen LogP contribution is 2.17. The Kier molecular flexibility index (Phi) is 3.27. The molecule has 0 saturated heterocycles. The van der Waals surface area contributed by atoms with E-state index in [-0.39, 0.29) is 5.56 Å². The lowest BCUT2D eigenvalue weighted by atomic mass is 10.2. The molecular formula is C19H16N4O. The Morgan fingerprint density at radius 3 is 2.42 bits per heavy atom. The van der Waals surface area contributed by atoms with Crippen LogP contribution in [-0.2, 0) is 0 Å². The number of rotatable bonds is 2. The van der Waals surface area contributed by atoms with E-state index in [1.54, 1.807) is 15.3 Å². The van der Waals surface area contributed by atoms with Gasteiger partial charge in [0, 0.05) is 6.07 Å². The maximum atomic E-state index is 13.0. The molecule has 0 bridgehead atoms. The minimum absolute atomic E-state index is 0.0878. The van der Waals surface area contributed by atoms with E-state index in [4.69, 9.17) is 0 Å². The summed E-state index contributed by atoms with van der Waals surface area (Å²) in [5.41, 5.74) is 2.36. The van der Waals surface area contributed by atoms with Crippen LogP contribution in [0.5, 0.6) is 0 Å². The Hall–Kier alpha value is -3.21. The van der Waals surface area contributed by atoms with Gasteiger partial charge in [-0.15, -0.1) is 0 Å². The van der Waals surface area contributed by atoms with Gasteiger partial charge in [0.05, 0.1) is 22.3 Å². The van der Waals surface area contributed by atoms with Gasteiger partial charge in [0.15, 0.2) is 0 Å². The van der Waals surface area contributed by atoms with Crippen LogP contribution in [0.2, 0.25) is 0 Å². The smallest absolute Gasteiger partial charge is 0.267 e. The second-order valence-electron chi connectivity index (χ2n) is 5.71. The number of para-hydroxylation sites is 2. The van der Waals surface area contributed by atoms with Crippen LogP contribution in [0.4, 0.5) is 0 Å². The molecule has 4 aromatic rings. The number of aromatic nitrogens is 4. The topological polar surface area (TPSA) is 52.7 Å². The normalized spacial score (nSPS) is 11.1. The molecule has 0 spiro atoms. The van der Waals surface area contributed by atoms with E-state index in [9.17, 15) is 4.79 Å². The van der Waals surface area contributed by atoms with Crippen LogP contribution in [0.1, 0.15) is 11.5 Å². The lowest BCUT2D eigenvalue weighted by Crippen LogP contribution is -2.24. The summed E-state index contributed by atoms with van der Waals surface area (Å²) in [6.07, 6.45) is 0. The minimum Gasteiger partial charge on any atom is -0.268 e. The summed E-state index contributed by atoms with van der Waals surface area (Å²) in [7, 11) is 0. The van der Waals surface area contributed by atoms with E-state index < -0.39 is 0 Å². The van der Waals surface area contributed by atoms with Crippen LogP contribution in [0.25, 0.3) is 22.4 Å². The fraction of sp³-hybridized carbons (Fsp3) is 0.105. The van der Waals surface area contributed by atoms with E-state index in [0.717, 1.165) is 11.4 Å². The molecule has 0 saturated carbocycles. The molecule has 0 unspecified atom stereocenters. The van der Waals surface area contributed by atoms with E-state index in [2.05, 4.69) is 10.1 Å². The van der Waals surface area contributed by atoms with Crippen molar-refractivity contribution < 1.29 is 0 Å². The molecule has 0 aliphatic rings. The molecule has 0 aliphatic heterocycles. The number of fused-ring (bicyclic) bond motifs is 1. The van der Waals surface area contributed by atoms with Gasteiger partial charge in [0.25, 0.3) is 5.56 Å². The molecular weight excluding hydrogens is 300 g/mol. The molecule has 118 valence electrons. The van der Waals surface area contributed by atoms with Crippen LogP contribution in [0.3, 0.4) is 0 Å². The molecule has 0 amide bonds. The predicted octanol–water partition coefficient (Wildman–Crippen LogP) is 3.19. The van der Waals surface area contributed by atoms with Crippen LogP contribution < -0.4 is 5.56 Å². The molecule has 5 nitrogen and oxygen atoms in total. The Morgan fingerprint density at radius 1 is 0.917 bits per heavy atom. The first-order valence-corrected chi connectivity index (χ1v) is 7.76. The van der Waals surface area contributed by atoms with Crippen molar-refractivity contribution in [3.63, 3.8) is 0 Å². The molecule has 2 aromatic heterocycles. The van der Waals surface area contributed by atoms with Crippen LogP contribution in [0.15, 0.2) is 65.5 Å². The molecule has 2 heterocycles. The third kappa shape index (κ3) is 2.22. The maximum Gasteiger partial charge on any atom is 0.267 e. The van der Waals surface area contributed by atoms with Crippen molar-refractivity contribution in [3.05, 3.63) is 82.5 Å². The highest BCUT2D eigenvalue weighted by Gasteiger charge is 2.15. The van der Waals surface area contributed by atoms with Crippen molar-refractivity contribution in [2.45, 2.75) is 13.8 Å². The zero-order chi connectivity index (χ0) is 16.7. The van der Waals surface area contributed by atoms with Crippen molar-refractivity contribution in [3.8, 4) is 11.5 Å². The predicted molar refractivity (Wildman–Crippen MR) is 93.9 cm³/mol. The van der Waals surface area contributed by atoms with Gasteiger partial charge < -0.3 is 0 Å². The van der Waals surface area contributed by atoms with Crippen LogP contribution in [0, 0.1) is 13.8 Å². The standard InChI is InChI=1S/C19H16N4O/c1-13-12-18(23(21-13)15-8-4-3-5-9-15)22-14(2)20-17-11-7-6-10-16(17)19(22)24/h3-12H,1-2H3. The summed E-state index contributed by atoms with van der Waals surface area (Å²) >= 11 is 0. The van der Waals surface area contributed by atoms with Gasteiger partial charge in [0.2, 0.25) is 0 Å². The Balaban J connectivity index is 2.05. The van der Waals surface area contributed by atoms with Gasteiger partial charge in [-0.1, -0.05) is 30.3 Å². The first-order valence-electron chi connectivity index (χ1n) is 7.76. The molecule has 24 heavy (non-hydrogen) atoms. The zero-order valence-electron chi connectivity index (χ0n) is 13.5. The van der Waals surface area contributed by atoms with Gasteiger partial charge in [0.1, 0.15) is 11.6 Å². The van der Waals surface area contributed by atoms with Crippen molar-refractivity contribution >= 4 is 10.9 Å². The first-order chi connectivity index (χ1) is 11.6. The summed E-state index contributed by atoms with van der Waals surface area (Å²) in [4.78, 5) is 17.6. The molecule has 0 aliphatic carbocycles. The van der Waals surface area contributed by atoms with Crippen molar-refractivity contribution in [2.24, 2.45) is 0 Å². The summed E-state index contributed by atoms with van der Waals surface area (Å²) in [6, 6.07) is 19.1. The summed E-state index contributed by atoms with van der Waals surface area (Å²) < 4.78 is 3.40. The number of aryl methyl sites for hydroxylation is 2. The van der Waals surface area contributed by atoms with Crippen molar-refractivity contribution in [1.82, 2.24) is 19.3 Å². The molecule has 2 aromatic carbocycles. The lowest BCUT2D eigenvalue weighted by molar-refractivity contribution is 0.774. The summed E-state index contributed by atoms with van der Waals surface area (Å²) in [5, 5.41) is 5.15. The molecule has 0 atom stereocenters. The largest absolute Gasteiger partial charge is 0.268 e. The van der Waals surface area contributed by atoms with E-state index >= 15 is 0 Å². The first kappa shape index (κ1) is 14.4. The third-order valence-corrected chi connectivity index (χ3v) is 3.99. The number of hydrogen-bond acceptors (Lipinski definition) is 3. The molecule has 0 fully saturated rings. The monoisotopic (exact) mass is 316 g/mol. The van der Waals surface area contributed by atoms with Crippen molar-refractivity contribution in [1.29, 1.82) is 0 Å². The maximum absolute atomic E-state index is 13.0. The molecule has 5 heteroatoms. The molecule has 4 rings (SSSR count). The van der Waals surface area contributed by atoms with E-state index in [1.807, 2.05) is 68.4 Å². The SMILES string of the molecule is Cc1cc(-n2c(C)nc3ccccc3c2=O)n(-c2ccccc2)n1. The fourth-order valence-corrected chi connectivity index (χ4v) is 2.92. The fourth-order valence-electron chi connectivity index (χ4n) is 2.92. The van der Waals surface area contributed by atoms with E-state index in [1.165, 1.54) is 0 Å². The number of benzene rings is 2. The Labute approximate surface area is 138 Å². The van der Waals surface area contributed by atoms with Gasteiger partial charge >= 0.3 is 0 Å². The highest BCUT2D eigenvalue weighted by molar-refractivity contribution is 5.77. The van der Waals surface area contributed by atoms with E-state index in [0.29, 0.717) is 22.5 Å². The zero-order valence-corrected chi connectivity index (χ0v) is 13.5. The summed E-state index contributed by atoms with van der Waals surface area (Å²) in [5.74, 6) is 1.33. The average molecular weight is 316 g/mol. The lowest BCUT2D eigenvalue weighted by Gasteiger charge is -2.12. The molecule has 0 N–H and O–H groups in total. The van der Waals surface area contributed by atoms with Gasteiger partial charge in [-0.25, -0.2) is 14.2 Å². The highest BCUT2D eigenvalue weighted by atomic mass is 16.1. The third-order valence-electron chi connectivity index (χ3n) is 3.99. The number of hydrogen-bond donors (Lipinski definition) is 0. The quantitative estimate of drug-likeness (QED) is 0.571. The van der Waals surface area contributed by atoms with Gasteiger partial charge in [-0.3, -0.25) is 4.79 Å². The second kappa shape index (κ2) is 5.45. The molecule has 0 radical (unpaired) electrons. The van der Waals surface area contributed by atoms with Gasteiger partial charge in [-0.2, -0.15) is 5.10 Å².